The first-order valence-corrected chi connectivity index (χ1v) is 11.9. The molecule has 3 heterocycles. The van der Waals surface area contributed by atoms with Crippen molar-refractivity contribution in [3.8, 4) is 5.75 Å². The summed E-state index contributed by atoms with van der Waals surface area (Å²) in [5.74, 6) is 0.778. The molecular formula is C25H32N4O4. The number of carbonyl (C=O) groups excluding carboxylic acids is 2. The molecule has 1 saturated heterocycles. The summed E-state index contributed by atoms with van der Waals surface area (Å²) in [7, 11) is 0. The monoisotopic (exact) mass is 452 g/mol. The molecule has 4 rings (SSSR count). The summed E-state index contributed by atoms with van der Waals surface area (Å²) in [6.07, 6.45) is 9.11. The van der Waals surface area contributed by atoms with Crippen LogP contribution in [0.2, 0.25) is 0 Å². The van der Waals surface area contributed by atoms with Crippen molar-refractivity contribution < 1.29 is 14.3 Å². The molecule has 8 heteroatoms. The Morgan fingerprint density at radius 2 is 1.94 bits per heavy atom. The van der Waals surface area contributed by atoms with Crippen LogP contribution in [-0.4, -0.2) is 63.4 Å². The molecule has 33 heavy (non-hydrogen) atoms. The van der Waals surface area contributed by atoms with Crippen molar-refractivity contribution >= 4 is 11.8 Å². The number of piperidine rings is 1. The Morgan fingerprint density at radius 1 is 1.03 bits per heavy atom. The van der Waals surface area contributed by atoms with Gasteiger partial charge in [0.25, 0.3) is 0 Å². The van der Waals surface area contributed by atoms with Gasteiger partial charge in [-0.25, -0.2) is 9.78 Å². The summed E-state index contributed by atoms with van der Waals surface area (Å²) >= 11 is 0. The van der Waals surface area contributed by atoms with Crippen LogP contribution in [0.5, 0.6) is 5.75 Å². The molecule has 2 aliphatic rings. The lowest BCUT2D eigenvalue weighted by Crippen LogP contribution is -2.44. The van der Waals surface area contributed by atoms with Crippen LogP contribution in [0.4, 0.5) is 0 Å². The highest BCUT2D eigenvalue weighted by Gasteiger charge is 2.26. The summed E-state index contributed by atoms with van der Waals surface area (Å²) < 4.78 is 7.25. The zero-order valence-corrected chi connectivity index (χ0v) is 19.0. The van der Waals surface area contributed by atoms with Gasteiger partial charge in [-0.1, -0.05) is 12.1 Å². The van der Waals surface area contributed by atoms with E-state index in [2.05, 4.69) is 22.0 Å². The van der Waals surface area contributed by atoms with Crippen molar-refractivity contribution in [2.24, 2.45) is 0 Å². The zero-order valence-electron chi connectivity index (χ0n) is 19.0. The molecule has 2 aromatic rings. The number of hydrogen-bond donors (Lipinski definition) is 0. The maximum atomic E-state index is 13.0. The molecule has 0 N–H and O–H groups in total. The summed E-state index contributed by atoms with van der Waals surface area (Å²) in [5, 5.41) is 0. The normalized spacial score (nSPS) is 20.2. The fourth-order valence-corrected chi connectivity index (χ4v) is 4.71. The first-order chi connectivity index (χ1) is 16.1. The lowest BCUT2D eigenvalue weighted by Gasteiger charge is -2.36. The molecule has 1 aromatic carbocycles. The number of rotatable bonds is 2. The molecule has 2 amide bonds. The third-order valence-electron chi connectivity index (χ3n) is 6.50. The second-order valence-corrected chi connectivity index (χ2v) is 8.79. The molecule has 0 radical (unpaired) electrons. The van der Waals surface area contributed by atoms with Crippen LogP contribution in [0.25, 0.3) is 0 Å². The minimum absolute atomic E-state index is 0.0791. The minimum Gasteiger partial charge on any atom is -0.492 e. The highest BCUT2D eigenvalue weighted by atomic mass is 16.5. The van der Waals surface area contributed by atoms with E-state index >= 15 is 0 Å². The lowest BCUT2D eigenvalue weighted by atomic mass is 9.95. The Labute approximate surface area is 194 Å². The largest absolute Gasteiger partial charge is 0.492 e. The number of fused-ring (bicyclic) bond motifs is 3. The number of ether oxygens (including phenoxy) is 1. The molecule has 0 saturated carbocycles. The van der Waals surface area contributed by atoms with Gasteiger partial charge < -0.3 is 14.5 Å². The van der Waals surface area contributed by atoms with Crippen molar-refractivity contribution in [3.63, 3.8) is 0 Å². The molecular weight excluding hydrogens is 420 g/mol. The van der Waals surface area contributed by atoms with E-state index in [0.29, 0.717) is 32.5 Å². The molecule has 2 bridgehead atoms. The number of aromatic nitrogens is 2. The molecule has 0 aliphatic carbocycles. The predicted octanol–water partition coefficient (Wildman–Crippen LogP) is 2.26. The summed E-state index contributed by atoms with van der Waals surface area (Å²) in [6, 6.07) is 9.97. The maximum Gasteiger partial charge on any atom is 0.347 e. The highest BCUT2D eigenvalue weighted by molar-refractivity contribution is 5.77. The van der Waals surface area contributed by atoms with Gasteiger partial charge in [0.1, 0.15) is 18.9 Å². The summed E-state index contributed by atoms with van der Waals surface area (Å²) in [6.45, 7) is 1.92. The van der Waals surface area contributed by atoms with Crippen molar-refractivity contribution in [3.05, 3.63) is 58.8 Å². The van der Waals surface area contributed by atoms with Crippen LogP contribution >= 0.6 is 0 Å². The lowest BCUT2D eigenvalue weighted by molar-refractivity contribution is -0.136. The molecule has 1 aromatic heterocycles. The van der Waals surface area contributed by atoms with Crippen LogP contribution in [0.15, 0.2) is 47.5 Å². The summed E-state index contributed by atoms with van der Waals surface area (Å²) in [5.41, 5.74) is 0.743. The van der Waals surface area contributed by atoms with E-state index < -0.39 is 5.69 Å². The van der Waals surface area contributed by atoms with Gasteiger partial charge in [0, 0.05) is 37.9 Å². The van der Waals surface area contributed by atoms with E-state index in [9.17, 15) is 14.4 Å². The quantitative estimate of drug-likeness (QED) is 0.698. The van der Waals surface area contributed by atoms with Crippen LogP contribution in [0.3, 0.4) is 0 Å². The van der Waals surface area contributed by atoms with Crippen molar-refractivity contribution in [1.82, 2.24) is 19.4 Å². The van der Waals surface area contributed by atoms with E-state index in [1.807, 2.05) is 12.1 Å². The van der Waals surface area contributed by atoms with E-state index in [0.717, 1.165) is 44.4 Å². The van der Waals surface area contributed by atoms with Crippen LogP contribution in [-0.2, 0) is 22.6 Å². The maximum absolute atomic E-state index is 13.0. The van der Waals surface area contributed by atoms with Gasteiger partial charge in [-0.05, 0) is 62.3 Å². The molecule has 1 atom stereocenters. The summed E-state index contributed by atoms with van der Waals surface area (Å²) in [4.78, 5) is 45.4. The van der Waals surface area contributed by atoms with E-state index in [-0.39, 0.29) is 24.4 Å². The zero-order chi connectivity index (χ0) is 23.0. The second kappa shape index (κ2) is 11.1. The predicted molar refractivity (Wildman–Crippen MR) is 124 cm³/mol. The van der Waals surface area contributed by atoms with Crippen molar-refractivity contribution in [2.75, 3.05) is 26.2 Å². The molecule has 8 nitrogen and oxygen atoms in total. The Morgan fingerprint density at radius 3 is 2.82 bits per heavy atom. The van der Waals surface area contributed by atoms with Crippen molar-refractivity contribution in [2.45, 2.75) is 57.5 Å². The van der Waals surface area contributed by atoms with Gasteiger partial charge in [-0.15, -0.1) is 0 Å². The number of hydrogen-bond acceptors (Lipinski definition) is 5. The molecule has 176 valence electrons. The number of nitrogens with zero attached hydrogens (tertiary/aromatic N) is 4. The SMILES string of the molecule is O=C(Cn1cccnc1=O)N1CCCC(=O)N2CCCCC2CCc2cccc(c2)OCC1. The number of aryl methyl sites for hydroxylation is 1. The third kappa shape index (κ3) is 6.21. The Bertz CT molecular complexity index is 1020. The highest BCUT2D eigenvalue weighted by Crippen LogP contribution is 2.24. The Kier molecular flexibility index (Phi) is 7.75. The second-order valence-electron chi connectivity index (χ2n) is 8.79. The molecule has 2 aliphatic heterocycles. The average Bonchev–Trinajstić information content (AvgIpc) is 2.83. The van der Waals surface area contributed by atoms with Crippen LogP contribution < -0.4 is 10.4 Å². The Hall–Kier alpha value is -3.16. The van der Waals surface area contributed by atoms with E-state index in [1.165, 1.54) is 16.3 Å². The molecule has 1 unspecified atom stereocenters. The molecule has 0 spiro atoms. The van der Waals surface area contributed by atoms with Crippen molar-refractivity contribution in [1.29, 1.82) is 0 Å². The van der Waals surface area contributed by atoms with Gasteiger partial charge in [-0.2, -0.15) is 0 Å². The van der Waals surface area contributed by atoms with Crippen LogP contribution in [0, 0.1) is 0 Å². The third-order valence-corrected chi connectivity index (χ3v) is 6.50. The van der Waals surface area contributed by atoms with Crippen LogP contribution in [0.1, 0.15) is 44.1 Å². The molecule has 1 fully saturated rings. The minimum atomic E-state index is -0.455. The fourth-order valence-electron chi connectivity index (χ4n) is 4.71. The Balaban J connectivity index is 1.49. The van der Waals surface area contributed by atoms with Gasteiger partial charge in [0.15, 0.2) is 0 Å². The number of amides is 2. The van der Waals surface area contributed by atoms with Gasteiger partial charge in [0.2, 0.25) is 11.8 Å². The smallest absolute Gasteiger partial charge is 0.347 e. The number of benzene rings is 1. The van der Waals surface area contributed by atoms with E-state index in [1.54, 1.807) is 17.2 Å². The first kappa shape index (κ1) is 23.0. The van der Waals surface area contributed by atoms with E-state index in [4.69, 9.17) is 4.74 Å². The standard InChI is InChI=1S/C25H32N4O4/c30-23-9-4-13-27(24(31)19-28-14-5-12-26-25(28)32)16-17-33-22-8-3-6-20(18-22)10-11-21-7-1-2-15-29(21)23/h3,5-6,8,12,14,18,21H,1-2,4,7,9-11,13,15-17,19H2. The average molecular weight is 453 g/mol. The van der Waals surface area contributed by atoms with Gasteiger partial charge in [-0.3, -0.25) is 14.2 Å². The topological polar surface area (TPSA) is 84.7 Å². The van der Waals surface area contributed by atoms with Gasteiger partial charge in [0.05, 0.1) is 6.54 Å². The first-order valence-electron chi connectivity index (χ1n) is 11.9. The number of carbonyl (C=O) groups is 2. The van der Waals surface area contributed by atoms with Gasteiger partial charge >= 0.3 is 5.69 Å². The fraction of sp³-hybridized carbons (Fsp3) is 0.520.